The van der Waals surface area contributed by atoms with Crippen LogP contribution in [0.1, 0.15) is 13.3 Å². The fourth-order valence-electron chi connectivity index (χ4n) is 2.30. The highest BCUT2D eigenvalue weighted by molar-refractivity contribution is 9.10. The van der Waals surface area contributed by atoms with Gasteiger partial charge in [-0.2, -0.15) is 0 Å². The standard InChI is InChI=1S/C15H20BrN3O2/c1-12(20)19-10-8-18(9-11-19)7-6-15(21)17-14-4-2-13(16)3-5-14/h2-5H,6-11H2,1H3,(H,17,21). The summed E-state index contributed by atoms with van der Waals surface area (Å²) in [5.74, 6) is 0.147. The zero-order valence-electron chi connectivity index (χ0n) is 12.1. The van der Waals surface area contributed by atoms with Crippen LogP contribution in [-0.2, 0) is 9.59 Å². The first-order valence-corrected chi connectivity index (χ1v) is 7.87. The van der Waals surface area contributed by atoms with Crippen molar-refractivity contribution in [3.63, 3.8) is 0 Å². The minimum Gasteiger partial charge on any atom is -0.340 e. The van der Waals surface area contributed by atoms with E-state index in [1.807, 2.05) is 29.2 Å². The van der Waals surface area contributed by atoms with Crippen molar-refractivity contribution < 1.29 is 9.59 Å². The number of carbonyl (C=O) groups excluding carboxylic acids is 2. The summed E-state index contributed by atoms with van der Waals surface area (Å²) in [5, 5.41) is 2.88. The maximum atomic E-state index is 11.9. The first-order chi connectivity index (χ1) is 10.0. The van der Waals surface area contributed by atoms with Crippen molar-refractivity contribution in [1.29, 1.82) is 0 Å². The van der Waals surface area contributed by atoms with Gasteiger partial charge in [-0.25, -0.2) is 0 Å². The molecule has 1 fully saturated rings. The average molecular weight is 354 g/mol. The third-order valence-electron chi connectivity index (χ3n) is 3.60. The number of benzene rings is 1. The van der Waals surface area contributed by atoms with Crippen molar-refractivity contribution in [3.8, 4) is 0 Å². The third-order valence-corrected chi connectivity index (χ3v) is 4.13. The number of halogens is 1. The van der Waals surface area contributed by atoms with E-state index in [2.05, 4.69) is 26.1 Å². The molecule has 2 amide bonds. The fourth-order valence-corrected chi connectivity index (χ4v) is 2.57. The number of amides is 2. The topological polar surface area (TPSA) is 52.7 Å². The normalized spacial score (nSPS) is 15.8. The Morgan fingerprint density at radius 2 is 1.76 bits per heavy atom. The van der Waals surface area contributed by atoms with E-state index >= 15 is 0 Å². The number of hydrogen-bond donors (Lipinski definition) is 1. The van der Waals surface area contributed by atoms with Crippen LogP contribution in [0.2, 0.25) is 0 Å². The van der Waals surface area contributed by atoms with Crippen LogP contribution in [0, 0.1) is 0 Å². The van der Waals surface area contributed by atoms with Crippen molar-refractivity contribution in [2.75, 3.05) is 38.0 Å². The highest BCUT2D eigenvalue weighted by Gasteiger charge is 2.18. The Balaban J connectivity index is 1.70. The van der Waals surface area contributed by atoms with Gasteiger partial charge in [0.1, 0.15) is 0 Å². The van der Waals surface area contributed by atoms with Crippen LogP contribution in [0.4, 0.5) is 5.69 Å². The Morgan fingerprint density at radius 1 is 1.14 bits per heavy atom. The molecule has 6 heteroatoms. The molecular weight excluding hydrogens is 334 g/mol. The molecule has 0 unspecified atom stereocenters. The minimum atomic E-state index is 0.0197. The number of rotatable bonds is 4. The molecule has 1 saturated heterocycles. The quantitative estimate of drug-likeness (QED) is 0.899. The smallest absolute Gasteiger partial charge is 0.225 e. The van der Waals surface area contributed by atoms with Crippen LogP contribution >= 0.6 is 15.9 Å². The molecule has 1 aromatic carbocycles. The molecule has 0 radical (unpaired) electrons. The maximum Gasteiger partial charge on any atom is 0.225 e. The molecule has 1 N–H and O–H groups in total. The van der Waals surface area contributed by atoms with Crippen molar-refractivity contribution in [2.24, 2.45) is 0 Å². The van der Waals surface area contributed by atoms with E-state index in [4.69, 9.17) is 0 Å². The number of piperazine rings is 1. The minimum absolute atomic E-state index is 0.0197. The lowest BCUT2D eigenvalue weighted by molar-refractivity contribution is -0.130. The van der Waals surface area contributed by atoms with E-state index < -0.39 is 0 Å². The number of nitrogens with one attached hydrogen (secondary N) is 1. The summed E-state index contributed by atoms with van der Waals surface area (Å²) in [6.07, 6.45) is 0.468. The zero-order chi connectivity index (χ0) is 15.2. The van der Waals surface area contributed by atoms with Gasteiger partial charge in [-0.1, -0.05) is 15.9 Å². The Morgan fingerprint density at radius 3 is 2.33 bits per heavy atom. The van der Waals surface area contributed by atoms with E-state index in [0.29, 0.717) is 6.42 Å². The molecule has 114 valence electrons. The van der Waals surface area contributed by atoms with E-state index in [1.54, 1.807) is 6.92 Å². The Hall–Kier alpha value is -1.40. The lowest BCUT2D eigenvalue weighted by Gasteiger charge is -2.34. The molecule has 0 atom stereocenters. The third kappa shape index (κ3) is 5.13. The molecule has 2 rings (SSSR count). The maximum absolute atomic E-state index is 11.9. The van der Waals surface area contributed by atoms with E-state index in [1.165, 1.54) is 0 Å². The first-order valence-electron chi connectivity index (χ1n) is 7.08. The first kappa shape index (κ1) is 16.0. The number of anilines is 1. The average Bonchev–Trinajstić information content (AvgIpc) is 2.48. The summed E-state index contributed by atoms with van der Waals surface area (Å²) in [5.41, 5.74) is 0.810. The number of carbonyl (C=O) groups is 2. The van der Waals surface area contributed by atoms with Gasteiger partial charge in [0.2, 0.25) is 11.8 Å². The molecular formula is C15H20BrN3O2. The molecule has 1 aliphatic rings. The van der Waals surface area contributed by atoms with Gasteiger partial charge in [-0.3, -0.25) is 14.5 Å². The van der Waals surface area contributed by atoms with Crippen LogP contribution in [0.25, 0.3) is 0 Å². The molecule has 5 nitrogen and oxygen atoms in total. The lowest BCUT2D eigenvalue weighted by Crippen LogP contribution is -2.48. The van der Waals surface area contributed by atoms with Crippen LogP contribution in [0.3, 0.4) is 0 Å². The second-order valence-corrected chi connectivity index (χ2v) is 6.07. The van der Waals surface area contributed by atoms with Crippen molar-refractivity contribution in [1.82, 2.24) is 9.80 Å². The van der Waals surface area contributed by atoms with Crippen molar-refractivity contribution in [3.05, 3.63) is 28.7 Å². The lowest BCUT2D eigenvalue weighted by atomic mass is 10.2. The SMILES string of the molecule is CC(=O)N1CCN(CCC(=O)Nc2ccc(Br)cc2)CC1. The van der Waals surface area contributed by atoms with E-state index in [9.17, 15) is 9.59 Å². The summed E-state index contributed by atoms with van der Waals surface area (Å²) < 4.78 is 0.990. The summed E-state index contributed by atoms with van der Waals surface area (Å²) in [4.78, 5) is 27.2. The van der Waals surface area contributed by atoms with Gasteiger partial charge in [0.25, 0.3) is 0 Å². The van der Waals surface area contributed by atoms with Crippen LogP contribution in [0.15, 0.2) is 28.7 Å². The molecule has 1 aromatic rings. The monoisotopic (exact) mass is 353 g/mol. The molecule has 21 heavy (non-hydrogen) atoms. The summed E-state index contributed by atoms with van der Waals surface area (Å²) in [7, 11) is 0. The summed E-state index contributed by atoms with van der Waals surface area (Å²) in [6.45, 7) is 5.51. The van der Waals surface area contributed by atoms with Crippen molar-refractivity contribution in [2.45, 2.75) is 13.3 Å². The number of nitrogens with zero attached hydrogens (tertiary/aromatic N) is 2. The molecule has 1 aliphatic heterocycles. The summed E-state index contributed by atoms with van der Waals surface area (Å²) in [6, 6.07) is 7.54. The summed E-state index contributed by atoms with van der Waals surface area (Å²) >= 11 is 3.36. The van der Waals surface area contributed by atoms with Gasteiger partial charge in [-0.05, 0) is 24.3 Å². The van der Waals surface area contributed by atoms with Crippen molar-refractivity contribution >= 4 is 33.4 Å². The van der Waals surface area contributed by atoms with Gasteiger partial charge >= 0.3 is 0 Å². The van der Waals surface area contributed by atoms with Crippen LogP contribution in [-0.4, -0.2) is 54.3 Å². The predicted octanol–water partition coefficient (Wildman–Crippen LogP) is 1.94. The molecule has 1 heterocycles. The number of hydrogen-bond acceptors (Lipinski definition) is 3. The molecule has 0 saturated carbocycles. The second kappa shape index (κ2) is 7.56. The Labute approximate surface area is 133 Å². The van der Waals surface area contributed by atoms with Gasteiger partial charge in [0.15, 0.2) is 0 Å². The van der Waals surface area contributed by atoms with Gasteiger partial charge in [0.05, 0.1) is 0 Å². The van der Waals surface area contributed by atoms with Gasteiger partial charge in [-0.15, -0.1) is 0 Å². The fraction of sp³-hybridized carbons (Fsp3) is 0.467. The van der Waals surface area contributed by atoms with Gasteiger partial charge < -0.3 is 10.2 Å². The molecule has 0 spiro atoms. The molecule has 0 bridgehead atoms. The van der Waals surface area contributed by atoms with Crippen LogP contribution < -0.4 is 5.32 Å². The second-order valence-electron chi connectivity index (χ2n) is 5.15. The largest absolute Gasteiger partial charge is 0.340 e. The predicted molar refractivity (Wildman–Crippen MR) is 86.1 cm³/mol. The molecule has 0 aliphatic carbocycles. The Kier molecular flexibility index (Phi) is 5.76. The highest BCUT2D eigenvalue weighted by atomic mass is 79.9. The van der Waals surface area contributed by atoms with E-state index in [0.717, 1.165) is 42.9 Å². The molecule has 0 aromatic heterocycles. The highest BCUT2D eigenvalue weighted by Crippen LogP contribution is 2.14. The van der Waals surface area contributed by atoms with E-state index in [-0.39, 0.29) is 11.8 Å². The zero-order valence-corrected chi connectivity index (χ0v) is 13.7. The van der Waals surface area contributed by atoms with Crippen LogP contribution in [0.5, 0.6) is 0 Å². The van der Waals surface area contributed by atoms with Gasteiger partial charge in [0, 0.05) is 56.2 Å². The Bertz CT molecular complexity index is 496.